The van der Waals surface area contributed by atoms with Crippen molar-refractivity contribution < 1.29 is 39.8 Å². The predicted octanol–water partition coefficient (Wildman–Crippen LogP) is -0.779. The third-order valence-electron chi connectivity index (χ3n) is 5.76. The van der Waals surface area contributed by atoms with Crippen LogP contribution in [0.5, 0.6) is 0 Å². The van der Waals surface area contributed by atoms with Gasteiger partial charge < -0.3 is 35.0 Å². The Labute approximate surface area is 163 Å². The quantitative estimate of drug-likeness (QED) is 0.422. The second kappa shape index (κ2) is 8.54. The zero-order valence-electron chi connectivity index (χ0n) is 16.0. The molecule has 0 amide bonds. The molecule has 8 nitrogen and oxygen atoms in total. The summed E-state index contributed by atoms with van der Waals surface area (Å²) in [5, 5.41) is 48.7. The van der Waals surface area contributed by atoms with Crippen molar-refractivity contribution in [1.29, 1.82) is 0 Å². The van der Waals surface area contributed by atoms with Crippen molar-refractivity contribution in [1.82, 2.24) is 0 Å². The van der Waals surface area contributed by atoms with E-state index >= 15 is 0 Å². The summed E-state index contributed by atoms with van der Waals surface area (Å²) in [7, 11) is 0. The maximum Gasteiger partial charge on any atom is 0.186 e. The third kappa shape index (κ3) is 3.73. The Morgan fingerprint density at radius 3 is 2.54 bits per heavy atom. The molecule has 2 aliphatic rings. The van der Waals surface area contributed by atoms with E-state index in [0.29, 0.717) is 18.4 Å². The molecule has 0 spiro atoms. The highest BCUT2D eigenvalue weighted by molar-refractivity contribution is 6.03. The van der Waals surface area contributed by atoms with Gasteiger partial charge in [-0.1, -0.05) is 13.0 Å². The molecule has 1 saturated heterocycles. The summed E-state index contributed by atoms with van der Waals surface area (Å²) in [5.41, 5.74) is 4.04. The van der Waals surface area contributed by atoms with E-state index in [0.717, 1.165) is 22.3 Å². The van der Waals surface area contributed by atoms with Crippen LogP contribution in [0.2, 0.25) is 0 Å². The highest BCUT2D eigenvalue weighted by Gasteiger charge is 2.44. The van der Waals surface area contributed by atoms with Crippen LogP contribution in [0.3, 0.4) is 0 Å². The van der Waals surface area contributed by atoms with Gasteiger partial charge in [0.05, 0.1) is 19.8 Å². The fraction of sp³-hybridized carbons (Fsp3) is 0.650. The monoisotopic (exact) mass is 396 g/mol. The van der Waals surface area contributed by atoms with E-state index in [2.05, 4.69) is 0 Å². The topological polar surface area (TPSA) is 137 Å². The minimum atomic E-state index is -1.50. The number of hydrogen-bond acceptors (Lipinski definition) is 8. The lowest BCUT2D eigenvalue weighted by Crippen LogP contribution is -2.59. The Kier molecular flexibility index (Phi) is 6.51. The van der Waals surface area contributed by atoms with Crippen molar-refractivity contribution in [3.05, 3.63) is 33.9 Å². The maximum absolute atomic E-state index is 12.4. The molecular weight excluding hydrogens is 368 g/mol. The Hall–Kier alpha value is -1.39. The molecule has 3 rings (SSSR count). The van der Waals surface area contributed by atoms with Crippen LogP contribution in [0.25, 0.3) is 0 Å². The number of ether oxygens (including phenoxy) is 2. The largest absolute Gasteiger partial charge is 0.394 e. The van der Waals surface area contributed by atoms with Crippen molar-refractivity contribution in [2.24, 2.45) is 5.92 Å². The molecule has 5 N–H and O–H groups in total. The molecule has 0 radical (unpaired) electrons. The lowest BCUT2D eigenvalue weighted by molar-refractivity contribution is -0.300. The summed E-state index contributed by atoms with van der Waals surface area (Å²) in [6.45, 7) is 3.16. The molecule has 0 unspecified atom stereocenters. The van der Waals surface area contributed by atoms with Crippen LogP contribution in [0.4, 0.5) is 0 Å². The second-order valence-electron chi connectivity index (χ2n) is 7.62. The minimum Gasteiger partial charge on any atom is -0.394 e. The van der Waals surface area contributed by atoms with E-state index in [4.69, 9.17) is 9.47 Å². The Morgan fingerprint density at radius 1 is 1.18 bits per heavy atom. The summed E-state index contributed by atoms with van der Waals surface area (Å²) < 4.78 is 10.9. The van der Waals surface area contributed by atoms with Gasteiger partial charge in [-0.3, -0.25) is 4.79 Å². The van der Waals surface area contributed by atoms with Gasteiger partial charge in [-0.2, -0.15) is 0 Å². The Bertz CT molecular complexity index is 731. The van der Waals surface area contributed by atoms with Gasteiger partial charge in [-0.25, -0.2) is 0 Å². The summed E-state index contributed by atoms with van der Waals surface area (Å²) in [5.74, 6) is 0.0361. The molecule has 1 heterocycles. The molecule has 0 bridgehead atoms. The minimum absolute atomic E-state index is 0.0686. The molecule has 1 aromatic carbocycles. The lowest BCUT2D eigenvalue weighted by atomic mass is 9.92. The van der Waals surface area contributed by atoms with Crippen LogP contribution in [0, 0.1) is 12.8 Å². The average Bonchev–Trinajstić information content (AvgIpc) is 2.97. The molecule has 8 heteroatoms. The number of ketones is 1. The Morgan fingerprint density at radius 2 is 1.89 bits per heavy atom. The van der Waals surface area contributed by atoms with E-state index in [-0.39, 0.29) is 24.9 Å². The fourth-order valence-electron chi connectivity index (χ4n) is 4.15. The first-order valence-electron chi connectivity index (χ1n) is 9.51. The summed E-state index contributed by atoms with van der Waals surface area (Å²) in [4.78, 5) is 12.4. The van der Waals surface area contributed by atoms with Gasteiger partial charge in [-0.05, 0) is 42.0 Å². The standard InChI is InChI=1S/C20H28O8/c1-9-5-11-6-12(7-21)13(10(2)15(11)16(9)23)3-4-27-20-19(26)18(25)17(24)14(8-22)28-20/h6,9,14,17-22,24-26H,3-5,7-8H2,1-2H3/t9-,14+,17+,18-,19+,20+/m0/s1. The van der Waals surface area contributed by atoms with Gasteiger partial charge in [0.15, 0.2) is 12.1 Å². The Balaban J connectivity index is 1.72. The number of aliphatic hydroxyl groups is 5. The zero-order chi connectivity index (χ0) is 20.6. The van der Waals surface area contributed by atoms with E-state index in [1.165, 1.54) is 0 Å². The summed E-state index contributed by atoms with van der Waals surface area (Å²) in [6, 6.07) is 1.87. The van der Waals surface area contributed by atoms with E-state index in [1.807, 2.05) is 19.9 Å². The lowest BCUT2D eigenvalue weighted by Gasteiger charge is -2.39. The van der Waals surface area contributed by atoms with E-state index < -0.39 is 37.3 Å². The van der Waals surface area contributed by atoms with Gasteiger partial charge in [0.25, 0.3) is 0 Å². The third-order valence-corrected chi connectivity index (χ3v) is 5.76. The van der Waals surface area contributed by atoms with Crippen LogP contribution in [-0.2, 0) is 28.9 Å². The molecule has 1 aliphatic heterocycles. The van der Waals surface area contributed by atoms with Crippen LogP contribution in [0.1, 0.15) is 39.5 Å². The van der Waals surface area contributed by atoms with Crippen molar-refractivity contribution in [3.63, 3.8) is 0 Å². The molecule has 1 aromatic rings. The first-order chi connectivity index (χ1) is 13.3. The highest BCUT2D eigenvalue weighted by Crippen LogP contribution is 2.33. The molecule has 28 heavy (non-hydrogen) atoms. The summed E-state index contributed by atoms with van der Waals surface area (Å²) in [6.07, 6.45) is -5.59. The van der Waals surface area contributed by atoms with Crippen molar-refractivity contribution in [2.45, 2.75) is 64.0 Å². The number of hydrogen-bond donors (Lipinski definition) is 5. The molecule has 1 aliphatic carbocycles. The molecule has 0 aromatic heterocycles. The van der Waals surface area contributed by atoms with E-state index in [1.54, 1.807) is 0 Å². The van der Waals surface area contributed by atoms with Crippen molar-refractivity contribution in [2.75, 3.05) is 13.2 Å². The predicted molar refractivity (Wildman–Crippen MR) is 97.7 cm³/mol. The van der Waals surface area contributed by atoms with Gasteiger partial charge in [-0.15, -0.1) is 0 Å². The van der Waals surface area contributed by atoms with Gasteiger partial charge in [0.1, 0.15) is 24.4 Å². The van der Waals surface area contributed by atoms with Gasteiger partial charge in [0.2, 0.25) is 0 Å². The number of carbonyl (C=O) groups excluding carboxylic acids is 1. The van der Waals surface area contributed by atoms with Crippen LogP contribution in [0.15, 0.2) is 6.07 Å². The van der Waals surface area contributed by atoms with Crippen LogP contribution < -0.4 is 0 Å². The zero-order valence-corrected chi connectivity index (χ0v) is 16.0. The SMILES string of the molecule is Cc1c(CCO[C@@H]2O[C@H](CO)[C@@H](O)[C@H](O)[C@H]2O)c(CO)cc2c1C(=O)[C@@H](C)C2. The van der Waals surface area contributed by atoms with Gasteiger partial charge in [0, 0.05) is 11.5 Å². The first kappa shape index (κ1) is 21.3. The maximum atomic E-state index is 12.4. The normalized spacial score (nSPS) is 32.6. The molecule has 1 fully saturated rings. The molecular formula is C20H28O8. The smallest absolute Gasteiger partial charge is 0.186 e. The average molecular weight is 396 g/mol. The molecule has 6 atom stereocenters. The number of fused-ring (bicyclic) bond motifs is 1. The van der Waals surface area contributed by atoms with Gasteiger partial charge >= 0.3 is 0 Å². The number of benzene rings is 1. The van der Waals surface area contributed by atoms with Crippen molar-refractivity contribution in [3.8, 4) is 0 Å². The highest BCUT2D eigenvalue weighted by atomic mass is 16.7. The first-order valence-corrected chi connectivity index (χ1v) is 9.51. The van der Waals surface area contributed by atoms with Crippen LogP contribution >= 0.6 is 0 Å². The summed E-state index contributed by atoms with van der Waals surface area (Å²) >= 11 is 0. The second-order valence-corrected chi connectivity index (χ2v) is 7.62. The number of rotatable bonds is 6. The van der Waals surface area contributed by atoms with Crippen LogP contribution in [-0.4, -0.2) is 75.2 Å². The fourth-order valence-corrected chi connectivity index (χ4v) is 4.15. The molecule has 0 saturated carbocycles. The van der Waals surface area contributed by atoms with Crippen molar-refractivity contribution >= 4 is 5.78 Å². The number of Topliss-reactive ketones (excluding diaryl/α,β-unsaturated/α-hetero) is 1. The number of carbonyl (C=O) groups is 1. The van der Waals surface area contributed by atoms with E-state index in [9.17, 15) is 30.3 Å². The molecule has 156 valence electrons. The number of aliphatic hydroxyl groups excluding tert-OH is 5.